The highest BCUT2D eigenvalue weighted by atomic mass is 79.9. The second-order valence-electron chi connectivity index (χ2n) is 4.54. The van der Waals surface area contributed by atoms with Gasteiger partial charge in [0.05, 0.1) is 0 Å². The normalized spacial score (nSPS) is 10.8. The molecule has 0 aliphatic carbocycles. The molecule has 22 heavy (non-hydrogen) atoms. The number of hydrogen-bond acceptors (Lipinski definition) is 4. The molecular formula is C15H12BrClN4S. The van der Waals surface area contributed by atoms with E-state index in [2.05, 4.69) is 26.1 Å². The van der Waals surface area contributed by atoms with Crippen LogP contribution in [-0.4, -0.2) is 14.9 Å². The van der Waals surface area contributed by atoms with Gasteiger partial charge in [-0.1, -0.05) is 69.6 Å². The van der Waals surface area contributed by atoms with Gasteiger partial charge in [0.25, 0.3) is 0 Å². The van der Waals surface area contributed by atoms with Gasteiger partial charge in [-0.3, -0.25) is 0 Å². The highest BCUT2D eigenvalue weighted by molar-refractivity contribution is 9.10. The molecule has 3 aromatic rings. The van der Waals surface area contributed by atoms with Gasteiger partial charge < -0.3 is 5.84 Å². The van der Waals surface area contributed by atoms with Gasteiger partial charge in [0.15, 0.2) is 5.82 Å². The third kappa shape index (κ3) is 3.14. The maximum atomic E-state index is 6.16. The van der Waals surface area contributed by atoms with E-state index in [4.69, 9.17) is 17.4 Å². The van der Waals surface area contributed by atoms with Crippen LogP contribution in [0, 0.1) is 0 Å². The minimum atomic E-state index is 0.620. The number of aromatic nitrogens is 3. The largest absolute Gasteiger partial charge is 0.335 e. The molecule has 0 fully saturated rings. The SMILES string of the molecule is Nn1c(SCc2ccccc2Cl)nnc1-c1ccccc1Br. The molecule has 0 radical (unpaired) electrons. The lowest BCUT2D eigenvalue weighted by Gasteiger charge is -2.06. The monoisotopic (exact) mass is 394 g/mol. The fraction of sp³-hybridized carbons (Fsp3) is 0.0667. The van der Waals surface area contributed by atoms with Gasteiger partial charge in [-0.25, -0.2) is 4.68 Å². The molecule has 0 bridgehead atoms. The molecule has 112 valence electrons. The zero-order chi connectivity index (χ0) is 15.5. The van der Waals surface area contributed by atoms with Gasteiger partial charge in [-0.15, -0.1) is 10.2 Å². The summed E-state index contributed by atoms with van der Waals surface area (Å²) >= 11 is 11.2. The standard InChI is InChI=1S/C15H12BrClN4S/c16-12-7-3-2-6-11(12)14-19-20-15(21(14)18)22-9-10-5-1-4-8-13(10)17/h1-8H,9,18H2. The highest BCUT2D eigenvalue weighted by Gasteiger charge is 2.14. The Balaban J connectivity index is 1.83. The first kappa shape index (κ1) is 15.4. The van der Waals surface area contributed by atoms with Gasteiger partial charge in [0.2, 0.25) is 5.16 Å². The Hall–Kier alpha value is -1.50. The lowest BCUT2D eigenvalue weighted by molar-refractivity contribution is 0.849. The van der Waals surface area contributed by atoms with Crippen molar-refractivity contribution in [3.8, 4) is 11.4 Å². The summed E-state index contributed by atoms with van der Waals surface area (Å²) in [6, 6.07) is 15.5. The van der Waals surface area contributed by atoms with Gasteiger partial charge >= 0.3 is 0 Å². The van der Waals surface area contributed by atoms with Gasteiger partial charge in [-0.2, -0.15) is 0 Å². The average Bonchev–Trinajstić information content (AvgIpc) is 2.88. The van der Waals surface area contributed by atoms with Crippen LogP contribution in [-0.2, 0) is 5.75 Å². The van der Waals surface area contributed by atoms with E-state index in [1.807, 2.05) is 48.5 Å². The molecule has 0 aliphatic rings. The molecule has 0 saturated heterocycles. The zero-order valence-electron chi connectivity index (χ0n) is 11.4. The van der Waals surface area contributed by atoms with Crippen molar-refractivity contribution < 1.29 is 0 Å². The summed E-state index contributed by atoms with van der Waals surface area (Å²) in [5, 5.41) is 9.73. The zero-order valence-corrected chi connectivity index (χ0v) is 14.6. The fourth-order valence-electron chi connectivity index (χ4n) is 1.96. The van der Waals surface area contributed by atoms with Gasteiger partial charge in [0, 0.05) is 20.8 Å². The van der Waals surface area contributed by atoms with Crippen molar-refractivity contribution in [3.05, 3.63) is 63.6 Å². The van der Waals surface area contributed by atoms with Crippen molar-refractivity contribution >= 4 is 39.3 Å². The van der Waals surface area contributed by atoms with Crippen molar-refractivity contribution in [2.75, 3.05) is 5.84 Å². The maximum absolute atomic E-state index is 6.16. The van der Waals surface area contributed by atoms with E-state index in [9.17, 15) is 0 Å². The number of nitrogen functional groups attached to an aromatic ring is 1. The summed E-state index contributed by atoms with van der Waals surface area (Å²) < 4.78 is 2.43. The van der Waals surface area contributed by atoms with E-state index >= 15 is 0 Å². The highest BCUT2D eigenvalue weighted by Crippen LogP contribution is 2.30. The van der Waals surface area contributed by atoms with Crippen LogP contribution in [0.3, 0.4) is 0 Å². The Morgan fingerprint density at radius 3 is 2.59 bits per heavy atom. The summed E-state index contributed by atoms with van der Waals surface area (Å²) in [6.07, 6.45) is 0. The van der Waals surface area contributed by atoms with E-state index in [-0.39, 0.29) is 0 Å². The summed E-state index contributed by atoms with van der Waals surface area (Å²) in [6.45, 7) is 0. The van der Waals surface area contributed by atoms with Crippen LogP contribution in [0.1, 0.15) is 5.56 Å². The Bertz CT molecular complexity index is 806. The molecule has 0 saturated carbocycles. The molecular weight excluding hydrogens is 384 g/mol. The Labute approximate surface area is 145 Å². The van der Waals surface area contributed by atoms with E-state index in [1.165, 1.54) is 16.4 Å². The van der Waals surface area contributed by atoms with Crippen LogP contribution >= 0.6 is 39.3 Å². The Morgan fingerprint density at radius 1 is 1.09 bits per heavy atom. The van der Waals surface area contributed by atoms with Crippen LogP contribution in [0.15, 0.2) is 58.2 Å². The molecule has 0 atom stereocenters. The Morgan fingerprint density at radius 2 is 1.82 bits per heavy atom. The maximum Gasteiger partial charge on any atom is 0.210 e. The molecule has 3 rings (SSSR count). The third-order valence-corrected chi connectivity index (χ3v) is 5.15. The van der Waals surface area contributed by atoms with Crippen LogP contribution in [0.2, 0.25) is 5.02 Å². The first-order valence-electron chi connectivity index (χ1n) is 6.48. The van der Waals surface area contributed by atoms with Crippen molar-refractivity contribution in [2.24, 2.45) is 0 Å². The smallest absolute Gasteiger partial charge is 0.210 e. The summed E-state index contributed by atoms with van der Waals surface area (Å²) in [5.41, 5.74) is 1.95. The summed E-state index contributed by atoms with van der Waals surface area (Å²) in [4.78, 5) is 0. The molecule has 2 aromatic carbocycles. The van der Waals surface area contributed by atoms with E-state index in [0.29, 0.717) is 16.7 Å². The van der Waals surface area contributed by atoms with Gasteiger partial charge in [0.1, 0.15) is 0 Å². The van der Waals surface area contributed by atoms with E-state index < -0.39 is 0 Å². The first-order chi connectivity index (χ1) is 10.7. The topological polar surface area (TPSA) is 56.7 Å². The lowest BCUT2D eigenvalue weighted by atomic mass is 10.2. The van der Waals surface area contributed by atoms with Crippen molar-refractivity contribution in [1.29, 1.82) is 0 Å². The number of benzene rings is 2. The van der Waals surface area contributed by atoms with Crippen molar-refractivity contribution in [3.63, 3.8) is 0 Å². The predicted octanol–water partition coefficient (Wildman–Crippen LogP) is 4.37. The molecule has 2 N–H and O–H groups in total. The van der Waals surface area contributed by atoms with E-state index in [0.717, 1.165) is 20.6 Å². The number of rotatable bonds is 4. The molecule has 0 amide bonds. The second kappa shape index (κ2) is 6.73. The molecule has 1 heterocycles. The molecule has 1 aromatic heterocycles. The quantitative estimate of drug-likeness (QED) is 0.526. The van der Waals surface area contributed by atoms with Crippen molar-refractivity contribution in [1.82, 2.24) is 14.9 Å². The van der Waals surface area contributed by atoms with Crippen LogP contribution in [0.4, 0.5) is 0 Å². The minimum absolute atomic E-state index is 0.620. The van der Waals surface area contributed by atoms with Gasteiger partial charge in [-0.05, 0) is 23.8 Å². The minimum Gasteiger partial charge on any atom is -0.335 e. The van der Waals surface area contributed by atoms with Crippen LogP contribution in [0.25, 0.3) is 11.4 Å². The Kier molecular flexibility index (Phi) is 4.71. The third-order valence-electron chi connectivity index (χ3n) is 3.09. The molecule has 0 unspecified atom stereocenters. The molecule has 4 nitrogen and oxygen atoms in total. The summed E-state index contributed by atoms with van der Waals surface area (Å²) in [5.74, 6) is 7.43. The number of halogens is 2. The number of nitrogens with two attached hydrogens (primary N) is 1. The number of thioether (sulfide) groups is 1. The van der Waals surface area contributed by atoms with Crippen LogP contribution < -0.4 is 5.84 Å². The average molecular weight is 396 g/mol. The molecule has 0 aliphatic heterocycles. The number of nitrogens with zero attached hydrogens (tertiary/aromatic N) is 3. The predicted molar refractivity (Wildman–Crippen MR) is 94.3 cm³/mol. The second-order valence-corrected chi connectivity index (χ2v) is 6.74. The molecule has 7 heteroatoms. The van der Waals surface area contributed by atoms with Crippen LogP contribution in [0.5, 0.6) is 0 Å². The summed E-state index contributed by atoms with van der Waals surface area (Å²) in [7, 11) is 0. The fourth-order valence-corrected chi connectivity index (χ4v) is 3.56. The molecule has 0 spiro atoms. The lowest BCUT2D eigenvalue weighted by Crippen LogP contribution is -2.11. The van der Waals surface area contributed by atoms with E-state index in [1.54, 1.807) is 0 Å². The number of hydrogen-bond donors (Lipinski definition) is 1. The van der Waals surface area contributed by atoms with Crippen molar-refractivity contribution in [2.45, 2.75) is 10.9 Å². The first-order valence-corrected chi connectivity index (χ1v) is 8.64.